The summed E-state index contributed by atoms with van der Waals surface area (Å²) >= 11 is 0. The summed E-state index contributed by atoms with van der Waals surface area (Å²) in [5.41, 5.74) is 2.52. The molecule has 0 spiro atoms. The first kappa shape index (κ1) is 23.0. The smallest absolute Gasteiger partial charge is 0.246 e. The van der Waals surface area contributed by atoms with Crippen LogP contribution in [0.4, 0.5) is 5.82 Å². The Kier molecular flexibility index (Phi) is 6.92. The zero-order valence-electron chi connectivity index (χ0n) is 19.3. The summed E-state index contributed by atoms with van der Waals surface area (Å²) in [6, 6.07) is 17.3. The second-order valence-corrected chi connectivity index (χ2v) is 8.11. The number of amides is 1. The van der Waals surface area contributed by atoms with Gasteiger partial charge in [-0.05, 0) is 61.4 Å². The van der Waals surface area contributed by atoms with Crippen LogP contribution in [-0.4, -0.2) is 46.4 Å². The molecule has 1 fully saturated rings. The average molecular weight is 456 g/mol. The van der Waals surface area contributed by atoms with E-state index in [0.717, 1.165) is 35.7 Å². The molecule has 1 atom stereocenters. The van der Waals surface area contributed by atoms with E-state index in [1.807, 2.05) is 66.3 Å². The summed E-state index contributed by atoms with van der Waals surface area (Å²) < 4.78 is 7.83. The molecule has 2 aromatic carbocycles. The second-order valence-electron chi connectivity index (χ2n) is 8.11. The van der Waals surface area contributed by atoms with Gasteiger partial charge in [-0.1, -0.05) is 31.4 Å². The maximum absolute atomic E-state index is 12.2. The third-order valence-electron chi connectivity index (χ3n) is 5.96. The third kappa shape index (κ3) is 4.64. The van der Waals surface area contributed by atoms with E-state index in [-0.39, 0.29) is 17.7 Å². The number of allylic oxidation sites excluding steroid dienone is 1. The van der Waals surface area contributed by atoms with Crippen LogP contribution in [0.3, 0.4) is 0 Å². The third-order valence-corrected chi connectivity index (χ3v) is 5.96. The number of anilines is 1. The topological polar surface area (TPSA) is 83.2 Å². The van der Waals surface area contributed by atoms with Crippen LogP contribution in [0, 0.1) is 5.41 Å². The van der Waals surface area contributed by atoms with Crippen molar-refractivity contribution in [3.05, 3.63) is 85.5 Å². The fourth-order valence-electron chi connectivity index (χ4n) is 4.29. The van der Waals surface area contributed by atoms with Gasteiger partial charge in [0, 0.05) is 25.7 Å². The average Bonchev–Trinajstić information content (AvgIpc) is 3.28. The molecule has 1 amide bonds. The lowest BCUT2D eigenvalue weighted by Crippen LogP contribution is -2.40. The minimum Gasteiger partial charge on any atom is -0.457 e. The number of para-hydroxylation sites is 1. The molecule has 7 heteroatoms. The molecule has 7 nitrogen and oxygen atoms in total. The van der Waals surface area contributed by atoms with E-state index >= 15 is 0 Å². The summed E-state index contributed by atoms with van der Waals surface area (Å²) in [4.78, 5) is 14.0. The normalized spacial score (nSPS) is 15.4. The highest BCUT2D eigenvalue weighted by molar-refractivity contribution is 6.13. The Balaban J connectivity index is 1.70. The van der Waals surface area contributed by atoms with Gasteiger partial charge in [0.15, 0.2) is 0 Å². The molecular weight excluding hydrogens is 426 g/mol. The lowest BCUT2D eigenvalue weighted by atomic mass is 10.0. The summed E-state index contributed by atoms with van der Waals surface area (Å²) in [5, 5.41) is 16.7. The van der Waals surface area contributed by atoms with Gasteiger partial charge in [-0.15, -0.1) is 0 Å². The van der Waals surface area contributed by atoms with E-state index in [2.05, 4.69) is 18.5 Å². The lowest BCUT2D eigenvalue weighted by Gasteiger charge is -2.33. The second kappa shape index (κ2) is 10.2. The molecule has 0 aliphatic carbocycles. The molecule has 0 saturated carbocycles. The highest BCUT2D eigenvalue weighted by Gasteiger charge is 2.29. The van der Waals surface area contributed by atoms with Gasteiger partial charge in [0.1, 0.15) is 23.0 Å². The number of benzene rings is 2. The Morgan fingerprint density at radius 1 is 1.12 bits per heavy atom. The molecule has 34 heavy (non-hydrogen) atoms. The minimum absolute atomic E-state index is 0.00842. The van der Waals surface area contributed by atoms with Crippen molar-refractivity contribution in [2.24, 2.45) is 0 Å². The molecule has 1 saturated heterocycles. The number of aromatic nitrogens is 2. The summed E-state index contributed by atoms with van der Waals surface area (Å²) in [6.07, 6.45) is 4.64. The standard InChI is InChI=1S/C27H29N5O2/c1-4-23(28)25-26(19-13-15-22(16-14-19)34-21-11-7-6-8-12-21)30-32(27(25)29-3)20-10-9-17-31(18-20)24(33)5-2/h4-8,11-16,20,28-29H,1-2,9-10,17-18H2,3H3. The Morgan fingerprint density at radius 3 is 2.47 bits per heavy atom. The molecular formula is C27H29N5O2. The number of carbonyl (C=O) groups is 1. The van der Waals surface area contributed by atoms with Crippen molar-refractivity contribution in [1.82, 2.24) is 14.7 Å². The molecule has 3 aromatic rings. The largest absolute Gasteiger partial charge is 0.457 e. The molecule has 4 rings (SSSR count). The molecule has 2 heterocycles. The van der Waals surface area contributed by atoms with Gasteiger partial charge in [-0.2, -0.15) is 5.10 Å². The highest BCUT2D eigenvalue weighted by Crippen LogP contribution is 2.35. The zero-order chi connectivity index (χ0) is 24.1. The summed E-state index contributed by atoms with van der Waals surface area (Å²) in [6.45, 7) is 8.68. The van der Waals surface area contributed by atoms with E-state index in [9.17, 15) is 4.79 Å². The Hall–Kier alpha value is -4.13. The van der Waals surface area contributed by atoms with Crippen LogP contribution in [-0.2, 0) is 4.79 Å². The van der Waals surface area contributed by atoms with Crippen LogP contribution in [0.25, 0.3) is 11.3 Å². The van der Waals surface area contributed by atoms with Crippen molar-refractivity contribution in [1.29, 1.82) is 5.41 Å². The maximum Gasteiger partial charge on any atom is 0.246 e. The Bertz CT molecular complexity index is 1200. The number of hydrogen-bond acceptors (Lipinski definition) is 5. The number of piperidine rings is 1. The monoisotopic (exact) mass is 455 g/mol. The van der Waals surface area contributed by atoms with Gasteiger partial charge >= 0.3 is 0 Å². The molecule has 1 aliphatic rings. The fourth-order valence-corrected chi connectivity index (χ4v) is 4.29. The van der Waals surface area contributed by atoms with E-state index < -0.39 is 0 Å². The molecule has 1 aliphatic heterocycles. The minimum atomic E-state index is -0.0730. The van der Waals surface area contributed by atoms with Crippen molar-refractivity contribution in [2.45, 2.75) is 18.9 Å². The maximum atomic E-state index is 12.2. The molecule has 2 N–H and O–H groups in total. The van der Waals surface area contributed by atoms with Crippen molar-refractivity contribution in [3.63, 3.8) is 0 Å². The summed E-state index contributed by atoms with van der Waals surface area (Å²) in [7, 11) is 1.82. The molecule has 1 aromatic heterocycles. The first-order chi connectivity index (χ1) is 16.5. The van der Waals surface area contributed by atoms with Crippen molar-refractivity contribution in [3.8, 4) is 22.8 Å². The van der Waals surface area contributed by atoms with Crippen LogP contribution in [0.15, 0.2) is 79.9 Å². The van der Waals surface area contributed by atoms with E-state index in [0.29, 0.717) is 24.3 Å². The van der Waals surface area contributed by atoms with Gasteiger partial charge in [-0.3, -0.25) is 4.79 Å². The Labute approximate surface area is 199 Å². The van der Waals surface area contributed by atoms with E-state index in [4.69, 9.17) is 15.2 Å². The Morgan fingerprint density at radius 2 is 1.82 bits per heavy atom. The number of ether oxygens (including phenoxy) is 1. The van der Waals surface area contributed by atoms with Crippen LogP contribution in [0.1, 0.15) is 24.4 Å². The van der Waals surface area contributed by atoms with Crippen LogP contribution >= 0.6 is 0 Å². The lowest BCUT2D eigenvalue weighted by molar-refractivity contribution is -0.127. The first-order valence-electron chi connectivity index (χ1n) is 11.3. The number of carbonyl (C=O) groups excluding carboxylic acids is 1. The predicted molar refractivity (Wildman–Crippen MR) is 136 cm³/mol. The van der Waals surface area contributed by atoms with Gasteiger partial charge in [-0.25, -0.2) is 4.68 Å². The van der Waals surface area contributed by atoms with Gasteiger partial charge in [0.25, 0.3) is 0 Å². The number of nitrogens with zero attached hydrogens (tertiary/aromatic N) is 3. The van der Waals surface area contributed by atoms with Gasteiger partial charge in [0.2, 0.25) is 5.91 Å². The van der Waals surface area contributed by atoms with Crippen molar-refractivity contribution >= 4 is 17.4 Å². The van der Waals surface area contributed by atoms with Gasteiger partial charge < -0.3 is 20.4 Å². The van der Waals surface area contributed by atoms with Crippen LogP contribution in [0.5, 0.6) is 11.5 Å². The van der Waals surface area contributed by atoms with Crippen LogP contribution in [0.2, 0.25) is 0 Å². The summed E-state index contributed by atoms with van der Waals surface area (Å²) in [5.74, 6) is 2.15. The SMILES string of the molecule is C=CC(=N)c1c(-c2ccc(Oc3ccccc3)cc2)nn(C2CCCN(C(=O)C=C)C2)c1NC. The number of likely N-dealkylation sites (tertiary alicyclic amines) is 1. The van der Waals surface area contributed by atoms with Crippen molar-refractivity contribution < 1.29 is 9.53 Å². The zero-order valence-corrected chi connectivity index (χ0v) is 19.3. The van der Waals surface area contributed by atoms with Crippen molar-refractivity contribution in [2.75, 3.05) is 25.5 Å². The predicted octanol–water partition coefficient (Wildman–Crippen LogP) is 5.29. The number of nitrogens with one attached hydrogen (secondary N) is 2. The van der Waals surface area contributed by atoms with Gasteiger partial charge in [0.05, 0.1) is 17.3 Å². The van der Waals surface area contributed by atoms with Crippen LogP contribution < -0.4 is 10.1 Å². The number of hydrogen-bond donors (Lipinski definition) is 2. The first-order valence-corrected chi connectivity index (χ1v) is 11.3. The molecule has 174 valence electrons. The molecule has 1 unspecified atom stereocenters. The van der Waals surface area contributed by atoms with E-state index in [1.54, 1.807) is 4.90 Å². The highest BCUT2D eigenvalue weighted by atomic mass is 16.5. The molecule has 0 bridgehead atoms. The number of rotatable bonds is 8. The van der Waals surface area contributed by atoms with E-state index in [1.165, 1.54) is 12.2 Å². The molecule has 0 radical (unpaired) electrons. The quantitative estimate of drug-likeness (QED) is 0.357. The fraction of sp³-hybridized carbons (Fsp3) is 0.222.